The fourth-order valence-corrected chi connectivity index (χ4v) is 2.00. The molecule has 0 aromatic heterocycles. The summed E-state index contributed by atoms with van der Waals surface area (Å²) in [6.45, 7) is 12.8. The van der Waals surface area contributed by atoms with Crippen molar-refractivity contribution >= 4 is 0 Å². The second kappa shape index (κ2) is 8.28. The molecule has 0 aliphatic carbocycles. The van der Waals surface area contributed by atoms with E-state index in [-0.39, 0.29) is 0 Å². The highest BCUT2D eigenvalue weighted by molar-refractivity contribution is 4.69. The summed E-state index contributed by atoms with van der Waals surface area (Å²) in [5, 5.41) is 3.56. The predicted octanol–water partition coefficient (Wildman–Crippen LogP) is 3.84. The minimum atomic E-state index is 0.684. The van der Waals surface area contributed by atoms with Crippen LogP contribution in [0.4, 0.5) is 0 Å². The lowest BCUT2D eigenvalue weighted by molar-refractivity contribution is 0.307. The normalized spacial score (nSPS) is 17.8. The molecule has 0 spiro atoms. The zero-order chi connectivity index (χ0) is 11.0. The second-order valence-electron chi connectivity index (χ2n) is 4.83. The number of nitrogens with one attached hydrogen (secondary N) is 1. The van der Waals surface area contributed by atoms with E-state index in [1.165, 1.54) is 25.7 Å². The Morgan fingerprint density at radius 3 is 2.07 bits per heavy atom. The molecule has 3 atom stereocenters. The van der Waals surface area contributed by atoms with Gasteiger partial charge >= 0.3 is 0 Å². The number of rotatable bonds is 8. The molecular weight excluding hydrogens is 170 g/mol. The second-order valence-corrected chi connectivity index (χ2v) is 4.83. The van der Waals surface area contributed by atoms with Crippen LogP contribution in [-0.4, -0.2) is 12.6 Å². The van der Waals surface area contributed by atoms with Crippen molar-refractivity contribution in [2.45, 2.75) is 66.3 Å². The van der Waals surface area contributed by atoms with Crippen LogP contribution in [-0.2, 0) is 0 Å². The molecule has 1 heteroatoms. The van der Waals surface area contributed by atoms with Crippen LogP contribution in [0.1, 0.15) is 60.3 Å². The van der Waals surface area contributed by atoms with Gasteiger partial charge in [0.15, 0.2) is 0 Å². The molecule has 0 aromatic carbocycles. The summed E-state index contributed by atoms with van der Waals surface area (Å²) in [6, 6.07) is 0.684. The Labute approximate surface area is 90.7 Å². The average Bonchev–Trinajstić information content (AvgIpc) is 2.15. The molecule has 1 nitrogen and oxygen atoms in total. The molecule has 0 aliphatic heterocycles. The van der Waals surface area contributed by atoms with E-state index < -0.39 is 0 Å². The van der Waals surface area contributed by atoms with Gasteiger partial charge in [-0.25, -0.2) is 0 Å². The molecule has 0 heterocycles. The number of hydrogen-bond acceptors (Lipinski definition) is 1. The van der Waals surface area contributed by atoms with Gasteiger partial charge in [0.2, 0.25) is 0 Å². The lowest BCUT2D eigenvalue weighted by Gasteiger charge is -2.23. The van der Waals surface area contributed by atoms with Crippen molar-refractivity contribution in [2.24, 2.45) is 11.8 Å². The van der Waals surface area contributed by atoms with E-state index in [0.29, 0.717) is 6.04 Å². The van der Waals surface area contributed by atoms with Crippen LogP contribution in [0.25, 0.3) is 0 Å². The summed E-state index contributed by atoms with van der Waals surface area (Å²) in [6.07, 6.45) is 5.26. The van der Waals surface area contributed by atoms with Crippen LogP contribution in [0.5, 0.6) is 0 Å². The van der Waals surface area contributed by atoms with Crippen molar-refractivity contribution in [3.8, 4) is 0 Å². The molecule has 14 heavy (non-hydrogen) atoms. The Bertz CT molecular complexity index is 122. The van der Waals surface area contributed by atoms with Crippen LogP contribution in [0.15, 0.2) is 0 Å². The maximum atomic E-state index is 3.56. The predicted molar refractivity (Wildman–Crippen MR) is 65.6 cm³/mol. The summed E-state index contributed by atoms with van der Waals surface area (Å²) in [5.41, 5.74) is 0. The molecule has 86 valence electrons. The van der Waals surface area contributed by atoms with E-state index in [4.69, 9.17) is 0 Å². The lowest BCUT2D eigenvalue weighted by Crippen LogP contribution is -2.29. The van der Waals surface area contributed by atoms with Gasteiger partial charge in [0.1, 0.15) is 0 Å². The largest absolute Gasteiger partial charge is 0.314 e. The van der Waals surface area contributed by atoms with E-state index in [1.54, 1.807) is 0 Å². The summed E-state index contributed by atoms with van der Waals surface area (Å²) in [7, 11) is 0. The molecule has 0 saturated heterocycles. The van der Waals surface area contributed by atoms with Gasteiger partial charge in [-0.15, -0.1) is 0 Å². The van der Waals surface area contributed by atoms with Crippen LogP contribution in [0, 0.1) is 11.8 Å². The van der Waals surface area contributed by atoms with Crippen molar-refractivity contribution < 1.29 is 0 Å². The molecule has 0 bridgehead atoms. The zero-order valence-electron chi connectivity index (χ0n) is 10.8. The van der Waals surface area contributed by atoms with Gasteiger partial charge in [-0.1, -0.05) is 40.5 Å². The summed E-state index contributed by atoms with van der Waals surface area (Å²) in [5.74, 6) is 1.74. The first-order chi connectivity index (χ1) is 6.61. The van der Waals surface area contributed by atoms with Gasteiger partial charge in [-0.3, -0.25) is 0 Å². The molecule has 1 N–H and O–H groups in total. The van der Waals surface area contributed by atoms with Crippen molar-refractivity contribution in [3.63, 3.8) is 0 Å². The molecule has 0 radical (unpaired) electrons. The Kier molecular flexibility index (Phi) is 8.26. The third kappa shape index (κ3) is 6.42. The molecule has 0 rings (SSSR count). The smallest absolute Gasteiger partial charge is 0.00413 e. The van der Waals surface area contributed by atoms with Gasteiger partial charge in [0.25, 0.3) is 0 Å². The molecule has 0 fully saturated rings. The third-order valence-corrected chi connectivity index (χ3v) is 3.18. The first kappa shape index (κ1) is 14.0. The van der Waals surface area contributed by atoms with Crippen LogP contribution in [0.2, 0.25) is 0 Å². The average molecular weight is 199 g/mol. The number of hydrogen-bond donors (Lipinski definition) is 1. The van der Waals surface area contributed by atoms with E-state index in [1.807, 2.05) is 0 Å². The van der Waals surface area contributed by atoms with Crippen LogP contribution < -0.4 is 5.32 Å². The van der Waals surface area contributed by atoms with Gasteiger partial charge in [0, 0.05) is 6.04 Å². The Morgan fingerprint density at radius 2 is 1.57 bits per heavy atom. The Hall–Kier alpha value is -0.0400. The van der Waals surface area contributed by atoms with Gasteiger partial charge in [0.05, 0.1) is 0 Å². The first-order valence-corrected chi connectivity index (χ1v) is 6.35. The Morgan fingerprint density at radius 1 is 0.929 bits per heavy atom. The highest BCUT2D eigenvalue weighted by Gasteiger charge is 2.14. The van der Waals surface area contributed by atoms with Crippen LogP contribution in [0.3, 0.4) is 0 Å². The molecule has 0 amide bonds. The van der Waals surface area contributed by atoms with E-state index in [2.05, 4.69) is 39.9 Å². The summed E-state index contributed by atoms with van der Waals surface area (Å²) >= 11 is 0. The van der Waals surface area contributed by atoms with Crippen molar-refractivity contribution in [1.82, 2.24) is 5.32 Å². The third-order valence-electron chi connectivity index (χ3n) is 3.18. The van der Waals surface area contributed by atoms with Crippen molar-refractivity contribution in [2.75, 3.05) is 6.54 Å². The van der Waals surface area contributed by atoms with Gasteiger partial charge in [-0.2, -0.15) is 0 Å². The highest BCUT2D eigenvalue weighted by atomic mass is 14.9. The summed E-state index contributed by atoms with van der Waals surface area (Å²) < 4.78 is 0. The zero-order valence-corrected chi connectivity index (χ0v) is 10.8. The first-order valence-electron chi connectivity index (χ1n) is 6.35. The van der Waals surface area contributed by atoms with E-state index >= 15 is 0 Å². The quantitative estimate of drug-likeness (QED) is 0.626. The molecule has 0 aromatic rings. The minimum Gasteiger partial charge on any atom is -0.314 e. The monoisotopic (exact) mass is 199 g/mol. The van der Waals surface area contributed by atoms with E-state index in [9.17, 15) is 0 Å². The molecule has 0 saturated carbocycles. The van der Waals surface area contributed by atoms with Crippen LogP contribution >= 0.6 is 0 Å². The topological polar surface area (TPSA) is 12.0 Å². The molecule has 0 aliphatic rings. The SMILES string of the molecule is CCCNC(C)CC(C)C(C)CCC. The van der Waals surface area contributed by atoms with Gasteiger partial charge in [-0.05, 0) is 38.1 Å². The maximum absolute atomic E-state index is 3.56. The van der Waals surface area contributed by atoms with E-state index in [0.717, 1.165) is 18.4 Å². The lowest BCUT2D eigenvalue weighted by atomic mass is 9.87. The Balaban J connectivity index is 3.63. The van der Waals surface area contributed by atoms with Gasteiger partial charge < -0.3 is 5.32 Å². The maximum Gasteiger partial charge on any atom is 0.00413 e. The molecular formula is C13H29N. The standard InChI is InChI=1S/C13H29N/c1-6-8-11(3)12(4)10-13(5)14-9-7-2/h11-14H,6-10H2,1-5H3. The molecule has 3 unspecified atom stereocenters. The highest BCUT2D eigenvalue weighted by Crippen LogP contribution is 2.21. The summed E-state index contributed by atoms with van der Waals surface area (Å²) in [4.78, 5) is 0. The minimum absolute atomic E-state index is 0.684. The fourth-order valence-electron chi connectivity index (χ4n) is 2.00. The van der Waals surface area contributed by atoms with Crippen molar-refractivity contribution in [1.29, 1.82) is 0 Å². The van der Waals surface area contributed by atoms with Crippen molar-refractivity contribution in [3.05, 3.63) is 0 Å². The fraction of sp³-hybridized carbons (Fsp3) is 1.00.